The molecule has 8 heteroatoms. The highest BCUT2D eigenvalue weighted by atomic mass is 19.1. The van der Waals surface area contributed by atoms with Crippen molar-refractivity contribution in [2.45, 2.75) is 13.0 Å². The highest BCUT2D eigenvalue weighted by Gasteiger charge is 2.22. The van der Waals surface area contributed by atoms with E-state index in [2.05, 4.69) is 20.4 Å². The molecule has 1 unspecified atom stereocenters. The first kappa shape index (κ1) is 14.3. The molecule has 3 rings (SSSR count). The highest BCUT2D eigenvalue weighted by Crippen LogP contribution is 2.28. The molecule has 6 nitrogen and oxygen atoms in total. The molecule has 0 aliphatic carbocycles. The Kier molecular flexibility index (Phi) is 3.68. The minimum absolute atomic E-state index is 0.251. The van der Waals surface area contributed by atoms with Gasteiger partial charge in [-0.3, -0.25) is 0 Å². The number of nitrogens with one attached hydrogen (secondary N) is 1. The lowest BCUT2D eigenvalue weighted by Crippen LogP contribution is -2.19. The molecule has 1 atom stereocenters. The van der Waals surface area contributed by atoms with Crippen LogP contribution in [0.4, 0.5) is 14.6 Å². The predicted octanol–water partition coefficient (Wildman–Crippen LogP) is 2.35. The van der Waals surface area contributed by atoms with Gasteiger partial charge in [0.25, 0.3) is 5.71 Å². The molecule has 0 saturated heterocycles. The summed E-state index contributed by atoms with van der Waals surface area (Å²) < 4.78 is 32.7. The van der Waals surface area contributed by atoms with E-state index in [-0.39, 0.29) is 17.1 Å². The van der Waals surface area contributed by atoms with Crippen LogP contribution in [-0.2, 0) is 0 Å². The maximum atomic E-state index is 13.9. The molecule has 0 radical (unpaired) electrons. The molecule has 2 N–H and O–H groups in total. The molecule has 2 aromatic heterocycles. The van der Waals surface area contributed by atoms with Gasteiger partial charge in [-0.2, -0.15) is 4.98 Å². The zero-order valence-corrected chi connectivity index (χ0v) is 11.5. The standard InChI is InChI=1S/C14H12F2N4O2/c1-7-11-13(17-6-18-14(11)22-20-7)19-10(5-21)12-8(15)3-2-4-9(12)16/h2-4,6,10,21H,5H2,1H3,(H,17,18,19). The van der Waals surface area contributed by atoms with Gasteiger partial charge in [0.05, 0.1) is 18.3 Å². The maximum absolute atomic E-state index is 13.9. The third-order valence-electron chi connectivity index (χ3n) is 3.29. The second kappa shape index (κ2) is 5.64. The zero-order valence-electron chi connectivity index (χ0n) is 11.5. The molecule has 0 bridgehead atoms. The van der Waals surface area contributed by atoms with Gasteiger partial charge in [-0.1, -0.05) is 11.2 Å². The van der Waals surface area contributed by atoms with Gasteiger partial charge >= 0.3 is 0 Å². The first-order chi connectivity index (χ1) is 10.6. The summed E-state index contributed by atoms with van der Waals surface area (Å²) in [5.74, 6) is -1.22. The number of aliphatic hydroxyl groups excluding tert-OH is 1. The number of nitrogens with zero attached hydrogens (tertiary/aromatic N) is 3. The van der Waals surface area contributed by atoms with Crippen molar-refractivity contribution in [1.29, 1.82) is 0 Å². The molecule has 1 aromatic carbocycles. The maximum Gasteiger partial charge on any atom is 0.263 e. The van der Waals surface area contributed by atoms with Gasteiger partial charge in [0.15, 0.2) is 0 Å². The largest absolute Gasteiger partial charge is 0.394 e. The normalized spacial score (nSPS) is 12.5. The number of benzene rings is 1. The van der Waals surface area contributed by atoms with Gasteiger partial charge in [-0.15, -0.1) is 0 Å². The van der Waals surface area contributed by atoms with Gasteiger partial charge in [0, 0.05) is 5.56 Å². The van der Waals surface area contributed by atoms with Gasteiger partial charge in [0.1, 0.15) is 29.2 Å². The van der Waals surface area contributed by atoms with Crippen LogP contribution >= 0.6 is 0 Å². The quantitative estimate of drug-likeness (QED) is 0.770. The zero-order chi connectivity index (χ0) is 15.7. The topological polar surface area (TPSA) is 84.1 Å². The highest BCUT2D eigenvalue weighted by molar-refractivity contribution is 5.87. The lowest BCUT2D eigenvalue weighted by atomic mass is 10.1. The van der Waals surface area contributed by atoms with E-state index in [4.69, 9.17) is 4.52 Å². The van der Waals surface area contributed by atoms with E-state index in [1.165, 1.54) is 12.4 Å². The molecular weight excluding hydrogens is 294 g/mol. The number of aryl methyl sites for hydroxylation is 1. The van der Waals surface area contributed by atoms with E-state index in [0.717, 1.165) is 12.1 Å². The molecule has 0 spiro atoms. The van der Waals surface area contributed by atoms with Crippen LogP contribution in [-0.4, -0.2) is 26.8 Å². The summed E-state index contributed by atoms with van der Waals surface area (Å²) in [7, 11) is 0. The number of rotatable bonds is 4. The Morgan fingerprint density at radius 1 is 1.27 bits per heavy atom. The minimum atomic E-state index is -1.01. The lowest BCUT2D eigenvalue weighted by molar-refractivity contribution is 0.270. The first-order valence-electron chi connectivity index (χ1n) is 6.50. The second-order valence-corrected chi connectivity index (χ2v) is 4.69. The third-order valence-corrected chi connectivity index (χ3v) is 3.29. The fourth-order valence-corrected chi connectivity index (χ4v) is 2.25. The number of hydrogen-bond donors (Lipinski definition) is 2. The number of anilines is 1. The van der Waals surface area contributed by atoms with Crippen molar-refractivity contribution in [2.75, 3.05) is 11.9 Å². The molecule has 0 amide bonds. The number of aliphatic hydroxyl groups is 1. The smallest absolute Gasteiger partial charge is 0.263 e. The first-order valence-corrected chi connectivity index (χ1v) is 6.50. The van der Waals surface area contributed by atoms with E-state index in [1.807, 2.05) is 0 Å². The molecule has 0 saturated carbocycles. The number of halogens is 2. The van der Waals surface area contributed by atoms with Crippen molar-refractivity contribution in [3.05, 3.63) is 47.4 Å². The third kappa shape index (κ3) is 2.37. The van der Waals surface area contributed by atoms with E-state index in [0.29, 0.717) is 11.1 Å². The van der Waals surface area contributed by atoms with Crippen LogP contribution in [0, 0.1) is 18.6 Å². The Morgan fingerprint density at radius 3 is 2.68 bits per heavy atom. The molecule has 22 heavy (non-hydrogen) atoms. The van der Waals surface area contributed by atoms with Crippen LogP contribution in [0.15, 0.2) is 29.0 Å². The van der Waals surface area contributed by atoms with Crippen molar-refractivity contribution in [2.24, 2.45) is 0 Å². The summed E-state index contributed by atoms with van der Waals surface area (Å²) >= 11 is 0. The van der Waals surface area contributed by atoms with Crippen molar-refractivity contribution < 1.29 is 18.4 Å². The fourth-order valence-electron chi connectivity index (χ4n) is 2.25. The SMILES string of the molecule is Cc1noc2ncnc(NC(CO)c3c(F)cccc3F)c12. The van der Waals surface area contributed by atoms with Crippen LogP contribution < -0.4 is 5.32 Å². The Balaban J connectivity index is 2.04. The van der Waals surface area contributed by atoms with Gasteiger partial charge < -0.3 is 14.9 Å². The number of fused-ring (bicyclic) bond motifs is 1. The van der Waals surface area contributed by atoms with Crippen LogP contribution in [0.5, 0.6) is 0 Å². The Labute approximate surface area is 123 Å². The average Bonchev–Trinajstić information content (AvgIpc) is 2.88. The second-order valence-electron chi connectivity index (χ2n) is 4.69. The summed E-state index contributed by atoms with van der Waals surface area (Å²) in [5, 5.41) is 16.6. The molecule has 0 fully saturated rings. The minimum Gasteiger partial charge on any atom is -0.394 e. The lowest BCUT2D eigenvalue weighted by Gasteiger charge is -2.18. The molecule has 0 aliphatic heterocycles. The van der Waals surface area contributed by atoms with Gasteiger partial charge in [-0.25, -0.2) is 13.8 Å². The van der Waals surface area contributed by atoms with Gasteiger partial charge in [-0.05, 0) is 19.1 Å². The number of hydrogen-bond acceptors (Lipinski definition) is 6. The average molecular weight is 306 g/mol. The van der Waals surface area contributed by atoms with Crippen molar-refractivity contribution >= 4 is 16.9 Å². The molecule has 0 aliphatic rings. The van der Waals surface area contributed by atoms with Crippen LogP contribution in [0.2, 0.25) is 0 Å². The summed E-state index contributed by atoms with van der Waals surface area (Å²) in [4.78, 5) is 7.95. The van der Waals surface area contributed by atoms with Crippen molar-refractivity contribution in [1.82, 2.24) is 15.1 Å². The predicted molar refractivity (Wildman–Crippen MR) is 74.1 cm³/mol. The van der Waals surface area contributed by atoms with E-state index >= 15 is 0 Å². The Hall–Kier alpha value is -2.61. The van der Waals surface area contributed by atoms with E-state index in [1.54, 1.807) is 6.92 Å². The van der Waals surface area contributed by atoms with Gasteiger partial charge in [0.2, 0.25) is 0 Å². The summed E-state index contributed by atoms with van der Waals surface area (Å²) in [6, 6.07) is 2.51. The van der Waals surface area contributed by atoms with Crippen LogP contribution in [0.3, 0.4) is 0 Å². The van der Waals surface area contributed by atoms with Crippen LogP contribution in [0.1, 0.15) is 17.3 Å². The molecule has 3 aromatic rings. The van der Waals surface area contributed by atoms with Crippen molar-refractivity contribution in [3.8, 4) is 0 Å². The van der Waals surface area contributed by atoms with E-state index in [9.17, 15) is 13.9 Å². The molecule has 114 valence electrons. The van der Waals surface area contributed by atoms with E-state index < -0.39 is 24.3 Å². The summed E-state index contributed by atoms with van der Waals surface area (Å²) in [5.41, 5.74) is 0.523. The van der Waals surface area contributed by atoms with Crippen molar-refractivity contribution in [3.63, 3.8) is 0 Å². The monoisotopic (exact) mass is 306 g/mol. The molecule has 2 heterocycles. The number of aromatic nitrogens is 3. The molecular formula is C14H12F2N4O2. The summed E-state index contributed by atoms with van der Waals surface area (Å²) in [6.07, 6.45) is 1.24. The fraction of sp³-hybridized carbons (Fsp3) is 0.214. The Morgan fingerprint density at radius 2 is 2.00 bits per heavy atom. The summed E-state index contributed by atoms with van der Waals surface area (Å²) in [6.45, 7) is 1.17. The van der Waals surface area contributed by atoms with Crippen LogP contribution in [0.25, 0.3) is 11.1 Å². The Bertz CT molecular complexity index is 801.